The van der Waals surface area contributed by atoms with Crippen LogP contribution in [0.2, 0.25) is 0 Å². The Morgan fingerprint density at radius 3 is 2.63 bits per heavy atom. The molecule has 0 saturated heterocycles. The molecule has 1 aromatic heterocycles. The zero-order chi connectivity index (χ0) is 13.2. The molecule has 3 heteroatoms. The van der Waals surface area contributed by atoms with Crippen LogP contribution >= 0.6 is 11.3 Å². The number of fused-ring (bicyclic) bond motifs is 1. The highest BCUT2D eigenvalue weighted by atomic mass is 32.1. The van der Waals surface area contributed by atoms with Crippen LogP contribution in [0.25, 0.3) is 10.1 Å². The standard InChI is InChI=1S/C16H15NOS/c1-11-2-5-14(6-3-11)18-10-15-9-12-8-13(17)4-7-16(12)19-15/h2-9H,10,17H2,1H3. The Kier molecular flexibility index (Phi) is 3.13. The first-order chi connectivity index (χ1) is 9.20. The predicted molar refractivity (Wildman–Crippen MR) is 81.7 cm³/mol. The maximum Gasteiger partial charge on any atom is 0.122 e. The van der Waals surface area contributed by atoms with Gasteiger partial charge in [-0.1, -0.05) is 17.7 Å². The number of benzene rings is 2. The third-order valence-electron chi connectivity index (χ3n) is 2.99. The summed E-state index contributed by atoms with van der Waals surface area (Å²) in [7, 11) is 0. The van der Waals surface area contributed by atoms with E-state index in [0.717, 1.165) is 11.4 Å². The van der Waals surface area contributed by atoms with Crippen molar-refractivity contribution in [3.8, 4) is 5.75 Å². The van der Waals surface area contributed by atoms with Gasteiger partial charge in [0.2, 0.25) is 0 Å². The Morgan fingerprint density at radius 2 is 1.84 bits per heavy atom. The monoisotopic (exact) mass is 269 g/mol. The number of nitrogen functional groups attached to an aromatic ring is 1. The molecule has 96 valence electrons. The molecule has 0 atom stereocenters. The van der Waals surface area contributed by atoms with Gasteiger partial charge in [-0.25, -0.2) is 0 Å². The average molecular weight is 269 g/mol. The third-order valence-corrected chi connectivity index (χ3v) is 4.08. The number of ether oxygens (including phenoxy) is 1. The van der Waals surface area contributed by atoms with Gasteiger partial charge in [0.1, 0.15) is 12.4 Å². The van der Waals surface area contributed by atoms with Crippen molar-refractivity contribution in [3.05, 3.63) is 59.0 Å². The lowest BCUT2D eigenvalue weighted by molar-refractivity contribution is 0.310. The van der Waals surface area contributed by atoms with E-state index in [2.05, 4.69) is 31.2 Å². The van der Waals surface area contributed by atoms with Crippen LogP contribution in [0.15, 0.2) is 48.5 Å². The van der Waals surface area contributed by atoms with Gasteiger partial charge in [-0.3, -0.25) is 0 Å². The molecule has 0 spiro atoms. The van der Waals surface area contributed by atoms with Crippen LogP contribution in [0.5, 0.6) is 5.75 Å². The quantitative estimate of drug-likeness (QED) is 0.716. The van der Waals surface area contributed by atoms with Gasteiger partial charge >= 0.3 is 0 Å². The van der Waals surface area contributed by atoms with Gasteiger partial charge in [0.05, 0.1) is 0 Å². The second-order valence-corrected chi connectivity index (χ2v) is 5.78. The third kappa shape index (κ3) is 2.71. The topological polar surface area (TPSA) is 35.2 Å². The fourth-order valence-corrected chi connectivity index (χ4v) is 2.93. The zero-order valence-electron chi connectivity index (χ0n) is 10.7. The second kappa shape index (κ2) is 4.94. The first-order valence-corrected chi connectivity index (χ1v) is 7.00. The summed E-state index contributed by atoms with van der Waals surface area (Å²) in [6, 6.07) is 16.3. The number of rotatable bonds is 3. The lowest BCUT2D eigenvalue weighted by atomic mass is 10.2. The van der Waals surface area contributed by atoms with Crippen molar-refractivity contribution < 1.29 is 4.74 Å². The van der Waals surface area contributed by atoms with E-state index in [1.54, 1.807) is 11.3 Å². The molecule has 2 N–H and O–H groups in total. The molecule has 0 aliphatic heterocycles. The van der Waals surface area contributed by atoms with Crippen LogP contribution in [0.3, 0.4) is 0 Å². The summed E-state index contributed by atoms with van der Waals surface area (Å²) in [5, 5.41) is 1.19. The molecular weight excluding hydrogens is 254 g/mol. The first kappa shape index (κ1) is 12.1. The molecule has 19 heavy (non-hydrogen) atoms. The highest BCUT2D eigenvalue weighted by Crippen LogP contribution is 2.28. The van der Waals surface area contributed by atoms with E-state index in [9.17, 15) is 0 Å². The summed E-state index contributed by atoms with van der Waals surface area (Å²) < 4.78 is 7.03. The van der Waals surface area contributed by atoms with Crippen molar-refractivity contribution in [1.82, 2.24) is 0 Å². The lowest BCUT2D eigenvalue weighted by Gasteiger charge is -2.04. The molecule has 2 aromatic carbocycles. The van der Waals surface area contributed by atoms with Crippen molar-refractivity contribution in [2.45, 2.75) is 13.5 Å². The molecular formula is C16H15NOS. The largest absolute Gasteiger partial charge is 0.488 e. The molecule has 0 aliphatic carbocycles. The van der Waals surface area contributed by atoms with Gasteiger partial charge in [-0.15, -0.1) is 11.3 Å². The molecule has 0 unspecified atom stereocenters. The van der Waals surface area contributed by atoms with Gasteiger partial charge in [0, 0.05) is 15.3 Å². The van der Waals surface area contributed by atoms with E-state index < -0.39 is 0 Å². The Labute approximate surface area is 116 Å². The molecule has 1 heterocycles. The van der Waals surface area contributed by atoms with Gasteiger partial charge in [0.25, 0.3) is 0 Å². The zero-order valence-corrected chi connectivity index (χ0v) is 11.5. The van der Waals surface area contributed by atoms with Gasteiger partial charge in [-0.2, -0.15) is 0 Å². The van der Waals surface area contributed by atoms with Crippen molar-refractivity contribution >= 4 is 27.1 Å². The second-order valence-electron chi connectivity index (χ2n) is 4.61. The molecule has 0 aliphatic rings. The molecule has 0 fully saturated rings. The van der Waals surface area contributed by atoms with Gasteiger partial charge < -0.3 is 10.5 Å². The number of thiophene rings is 1. The highest BCUT2D eigenvalue weighted by Gasteiger charge is 2.03. The minimum atomic E-state index is 0.600. The maximum atomic E-state index is 5.79. The van der Waals surface area contributed by atoms with Crippen LogP contribution in [-0.2, 0) is 6.61 Å². The van der Waals surface area contributed by atoms with E-state index in [1.165, 1.54) is 20.5 Å². The van der Waals surface area contributed by atoms with E-state index in [1.807, 2.05) is 24.3 Å². The predicted octanol–water partition coefficient (Wildman–Crippen LogP) is 4.37. The normalized spacial score (nSPS) is 10.8. The van der Waals surface area contributed by atoms with Crippen LogP contribution in [-0.4, -0.2) is 0 Å². The van der Waals surface area contributed by atoms with Gasteiger partial charge in [0.15, 0.2) is 0 Å². The summed E-state index contributed by atoms with van der Waals surface area (Å²) in [5.74, 6) is 0.905. The fourth-order valence-electron chi connectivity index (χ4n) is 1.98. The van der Waals surface area contributed by atoms with Crippen molar-refractivity contribution in [2.24, 2.45) is 0 Å². The van der Waals surface area contributed by atoms with E-state index in [-0.39, 0.29) is 0 Å². The smallest absolute Gasteiger partial charge is 0.122 e. The number of hydrogen-bond donors (Lipinski definition) is 1. The average Bonchev–Trinajstić information content (AvgIpc) is 2.80. The minimum Gasteiger partial charge on any atom is -0.488 e. The summed E-state index contributed by atoms with van der Waals surface area (Å²) in [6.07, 6.45) is 0. The molecule has 0 bridgehead atoms. The Balaban J connectivity index is 1.76. The number of nitrogens with two attached hydrogens (primary N) is 1. The highest BCUT2D eigenvalue weighted by molar-refractivity contribution is 7.19. The lowest BCUT2D eigenvalue weighted by Crippen LogP contribution is -1.92. The van der Waals surface area contributed by atoms with Crippen molar-refractivity contribution in [1.29, 1.82) is 0 Å². The SMILES string of the molecule is Cc1ccc(OCc2cc3cc(N)ccc3s2)cc1. The summed E-state index contributed by atoms with van der Waals surface area (Å²) in [4.78, 5) is 1.21. The van der Waals surface area contributed by atoms with E-state index in [0.29, 0.717) is 6.61 Å². The van der Waals surface area contributed by atoms with Crippen molar-refractivity contribution in [2.75, 3.05) is 5.73 Å². The number of hydrogen-bond acceptors (Lipinski definition) is 3. The van der Waals surface area contributed by atoms with Crippen LogP contribution in [0.4, 0.5) is 5.69 Å². The minimum absolute atomic E-state index is 0.600. The van der Waals surface area contributed by atoms with Crippen LogP contribution < -0.4 is 10.5 Å². The van der Waals surface area contributed by atoms with Crippen molar-refractivity contribution in [3.63, 3.8) is 0 Å². The maximum absolute atomic E-state index is 5.79. The Bertz CT molecular complexity index is 700. The molecule has 0 saturated carbocycles. The molecule has 3 aromatic rings. The molecule has 2 nitrogen and oxygen atoms in total. The van der Waals surface area contributed by atoms with E-state index >= 15 is 0 Å². The summed E-state index contributed by atoms with van der Waals surface area (Å²) in [6.45, 7) is 2.67. The molecule has 3 rings (SSSR count). The molecule has 0 radical (unpaired) electrons. The number of anilines is 1. The summed E-state index contributed by atoms with van der Waals surface area (Å²) in [5.41, 5.74) is 7.83. The van der Waals surface area contributed by atoms with Gasteiger partial charge in [-0.05, 0) is 48.7 Å². The Morgan fingerprint density at radius 1 is 1.05 bits per heavy atom. The summed E-state index contributed by atoms with van der Waals surface area (Å²) >= 11 is 1.75. The fraction of sp³-hybridized carbons (Fsp3) is 0.125. The molecule has 0 amide bonds. The first-order valence-electron chi connectivity index (χ1n) is 6.18. The Hall–Kier alpha value is -2.00. The van der Waals surface area contributed by atoms with Crippen LogP contribution in [0, 0.1) is 6.92 Å². The van der Waals surface area contributed by atoms with E-state index in [4.69, 9.17) is 10.5 Å². The van der Waals surface area contributed by atoms with Crippen LogP contribution in [0.1, 0.15) is 10.4 Å². The number of aryl methyl sites for hydroxylation is 1.